The Kier molecular flexibility index (Phi) is 4.08. The summed E-state index contributed by atoms with van der Waals surface area (Å²) >= 11 is 0. The molecule has 0 aromatic carbocycles. The Morgan fingerprint density at radius 2 is 1.76 bits per heavy atom. The summed E-state index contributed by atoms with van der Waals surface area (Å²) in [6, 6.07) is -0.0671. The van der Waals surface area contributed by atoms with Crippen LogP contribution in [-0.4, -0.2) is 24.7 Å². The lowest BCUT2D eigenvalue weighted by Gasteiger charge is -2.32. The van der Waals surface area contributed by atoms with Crippen molar-refractivity contribution in [3.63, 3.8) is 0 Å². The van der Waals surface area contributed by atoms with Crippen LogP contribution in [0.5, 0.6) is 0 Å². The summed E-state index contributed by atoms with van der Waals surface area (Å²) in [5.74, 6) is 1.76. The number of ether oxygens (including phenoxy) is 1. The lowest BCUT2D eigenvalue weighted by Crippen LogP contribution is -2.39. The number of carbonyl (C=O) groups is 1. The van der Waals surface area contributed by atoms with Crippen molar-refractivity contribution in [3.8, 4) is 0 Å². The van der Waals surface area contributed by atoms with Gasteiger partial charge in [-0.15, -0.1) is 0 Å². The van der Waals surface area contributed by atoms with Crippen LogP contribution < -0.4 is 5.32 Å². The smallest absolute Gasteiger partial charge is 0.323 e. The van der Waals surface area contributed by atoms with E-state index in [0.717, 1.165) is 25.8 Å². The maximum absolute atomic E-state index is 12.1. The molecule has 1 aliphatic carbocycles. The van der Waals surface area contributed by atoms with E-state index in [-0.39, 0.29) is 18.1 Å². The first kappa shape index (κ1) is 12.9. The minimum absolute atomic E-state index is 0.0266. The molecule has 0 radical (unpaired) electrons. The molecule has 0 aromatic rings. The summed E-state index contributed by atoms with van der Waals surface area (Å²) in [4.78, 5) is 12.1. The van der Waals surface area contributed by atoms with Crippen molar-refractivity contribution in [2.75, 3.05) is 6.54 Å². The first-order valence-electron chi connectivity index (χ1n) is 7.00. The van der Waals surface area contributed by atoms with Crippen LogP contribution in [0, 0.1) is 17.8 Å². The van der Waals surface area contributed by atoms with Crippen molar-refractivity contribution < 1.29 is 9.53 Å². The molecule has 0 bridgehead atoms. The molecule has 0 aromatic heterocycles. The van der Waals surface area contributed by atoms with Crippen molar-refractivity contribution >= 4 is 5.97 Å². The van der Waals surface area contributed by atoms with Crippen LogP contribution in [0.3, 0.4) is 0 Å². The fraction of sp³-hybridized carbons (Fsp3) is 0.929. The highest BCUT2D eigenvalue weighted by molar-refractivity contribution is 5.76. The van der Waals surface area contributed by atoms with Gasteiger partial charge in [0.2, 0.25) is 0 Å². The second-order valence-corrected chi connectivity index (χ2v) is 6.17. The third-order valence-corrected chi connectivity index (χ3v) is 4.20. The lowest BCUT2D eigenvalue weighted by atomic mass is 9.82. The predicted molar refractivity (Wildman–Crippen MR) is 67.6 cm³/mol. The summed E-state index contributed by atoms with van der Waals surface area (Å²) in [5, 5.41) is 3.24. The zero-order valence-electron chi connectivity index (χ0n) is 11.2. The van der Waals surface area contributed by atoms with Gasteiger partial charge in [0.1, 0.15) is 12.1 Å². The SMILES string of the molecule is CC1CC(C)CC(OC(=O)C2NCCC2C)C1. The van der Waals surface area contributed by atoms with E-state index in [0.29, 0.717) is 17.8 Å². The zero-order chi connectivity index (χ0) is 12.4. The van der Waals surface area contributed by atoms with E-state index >= 15 is 0 Å². The summed E-state index contributed by atoms with van der Waals surface area (Å²) in [5.41, 5.74) is 0. The lowest BCUT2D eigenvalue weighted by molar-refractivity contribution is -0.155. The summed E-state index contributed by atoms with van der Waals surface area (Å²) < 4.78 is 5.69. The molecule has 4 unspecified atom stereocenters. The fourth-order valence-corrected chi connectivity index (χ4v) is 3.36. The molecule has 2 aliphatic rings. The molecule has 3 nitrogen and oxygen atoms in total. The largest absolute Gasteiger partial charge is 0.461 e. The molecule has 1 N–H and O–H groups in total. The average Bonchev–Trinajstić information content (AvgIpc) is 2.62. The van der Waals surface area contributed by atoms with Gasteiger partial charge in [-0.3, -0.25) is 4.79 Å². The molecule has 17 heavy (non-hydrogen) atoms. The second kappa shape index (κ2) is 5.38. The van der Waals surface area contributed by atoms with Gasteiger partial charge in [0, 0.05) is 0 Å². The van der Waals surface area contributed by atoms with E-state index in [1.165, 1.54) is 6.42 Å². The van der Waals surface area contributed by atoms with Crippen molar-refractivity contribution in [1.29, 1.82) is 0 Å². The Balaban J connectivity index is 1.85. The van der Waals surface area contributed by atoms with Crippen LogP contribution in [0.15, 0.2) is 0 Å². The van der Waals surface area contributed by atoms with Crippen LogP contribution in [0.4, 0.5) is 0 Å². The molecule has 98 valence electrons. The Morgan fingerprint density at radius 1 is 1.12 bits per heavy atom. The standard InChI is InChI=1S/C14H25NO2/c1-9-6-10(2)8-12(7-9)17-14(16)13-11(3)4-5-15-13/h9-13,15H,4-8H2,1-3H3. The molecule has 3 heteroatoms. The second-order valence-electron chi connectivity index (χ2n) is 6.17. The third kappa shape index (κ3) is 3.21. The molecule has 0 amide bonds. The van der Waals surface area contributed by atoms with E-state index in [4.69, 9.17) is 4.74 Å². The molecule has 1 aliphatic heterocycles. The molecule has 0 spiro atoms. The molecule has 1 saturated heterocycles. The van der Waals surface area contributed by atoms with Crippen molar-refractivity contribution in [3.05, 3.63) is 0 Å². The molecule has 2 fully saturated rings. The van der Waals surface area contributed by atoms with E-state index in [1.807, 2.05) is 0 Å². The van der Waals surface area contributed by atoms with Crippen molar-refractivity contribution in [2.24, 2.45) is 17.8 Å². The Morgan fingerprint density at radius 3 is 2.29 bits per heavy atom. The summed E-state index contributed by atoms with van der Waals surface area (Å²) in [6.45, 7) is 7.58. The Hall–Kier alpha value is -0.570. The van der Waals surface area contributed by atoms with Gasteiger partial charge in [-0.05, 0) is 50.0 Å². The highest BCUT2D eigenvalue weighted by atomic mass is 16.5. The maximum atomic E-state index is 12.1. The van der Waals surface area contributed by atoms with Crippen LogP contribution in [0.2, 0.25) is 0 Å². The van der Waals surface area contributed by atoms with Crippen LogP contribution in [-0.2, 0) is 9.53 Å². The average molecular weight is 239 g/mol. The quantitative estimate of drug-likeness (QED) is 0.752. The van der Waals surface area contributed by atoms with E-state index in [2.05, 4.69) is 26.1 Å². The Labute approximate surface area is 104 Å². The van der Waals surface area contributed by atoms with E-state index in [1.54, 1.807) is 0 Å². The van der Waals surface area contributed by atoms with Crippen molar-refractivity contribution in [1.82, 2.24) is 5.32 Å². The normalized spacial score (nSPS) is 42.4. The fourth-order valence-electron chi connectivity index (χ4n) is 3.36. The summed E-state index contributed by atoms with van der Waals surface area (Å²) in [7, 11) is 0. The Bertz CT molecular complexity index is 269. The molecule has 4 atom stereocenters. The number of esters is 1. The third-order valence-electron chi connectivity index (χ3n) is 4.20. The minimum Gasteiger partial charge on any atom is -0.461 e. The van der Waals surface area contributed by atoms with Gasteiger partial charge in [-0.25, -0.2) is 0 Å². The number of carbonyl (C=O) groups excluding carboxylic acids is 1. The molecule has 1 saturated carbocycles. The van der Waals surface area contributed by atoms with Gasteiger partial charge in [-0.2, -0.15) is 0 Å². The highest BCUT2D eigenvalue weighted by Gasteiger charge is 2.34. The van der Waals surface area contributed by atoms with Gasteiger partial charge < -0.3 is 10.1 Å². The topological polar surface area (TPSA) is 38.3 Å². The van der Waals surface area contributed by atoms with Crippen LogP contribution in [0.1, 0.15) is 46.5 Å². The zero-order valence-corrected chi connectivity index (χ0v) is 11.2. The number of nitrogens with one attached hydrogen (secondary N) is 1. The van der Waals surface area contributed by atoms with Crippen LogP contribution in [0.25, 0.3) is 0 Å². The van der Waals surface area contributed by atoms with E-state index < -0.39 is 0 Å². The van der Waals surface area contributed by atoms with Gasteiger partial charge in [-0.1, -0.05) is 20.8 Å². The first-order valence-corrected chi connectivity index (χ1v) is 7.00. The van der Waals surface area contributed by atoms with E-state index in [9.17, 15) is 4.79 Å². The summed E-state index contributed by atoms with van der Waals surface area (Å²) in [6.07, 6.45) is 4.58. The van der Waals surface area contributed by atoms with Crippen molar-refractivity contribution in [2.45, 2.75) is 58.6 Å². The van der Waals surface area contributed by atoms with Gasteiger partial charge in [0.15, 0.2) is 0 Å². The molecular formula is C14H25NO2. The number of rotatable bonds is 2. The molecular weight excluding hydrogens is 214 g/mol. The maximum Gasteiger partial charge on any atom is 0.323 e. The highest BCUT2D eigenvalue weighted by Crippen LogP contribution is 2.31. The molecule has 1 heterocycles. The monoisotopic (exact) mass is 239 g/mol. The van der Waals surface area contributed by atoms with Gasteiger partial charge >= 0.3 is 5.97 Å². The predicted octanol–water partition coefficient (Wildman–Crippen LogP) is 2.35. The van der Waals surface area contributed by atoms with Gasteiger partial charge in [0.25, 0.3) is 0 Å². The number of hydrogen-bond donors (Lipinski definition) is 1. The number of hydrogen-bond acceptors (Lipinski definition) is 3. The first-order chi connectivity index (χ1) is 8.06. The molecule has 2 rings (SSSR count). The van der Waals surface area contributed by atoms with Crippen LogP contribution >= 0.6 is 0 Å². The van der Waals surface area contributed by atoms with Gasteiger partial charge in [0.05, 0.1) is 0 Å². The minimum atomic E-state index is -0.0671.